The van der Waals surface area contributed by atoms with Gasteiger partial charge in [0.2, 0.25) is 0 Å². The smallest absolute Gasteiger partial charge is 0.289 e. The van der Waals surface area contributed by atoms with Crippen molar-refractivity contribution in [3.05, 3.63) is 0 Å². The maximum atomic E-state index is 10.1. The molecule has 0 rings (SSSR count). The molecule has 0 aliphatic rings. The molecule has 0 saturated carbocycles. The van der Waals surface area contributed by atoms with Crippen molar-refractivity contribution in [3.63, 3.8) is 0 Å². The molecule has 0 aromatic carbocycles. The molecule has 0 bridgehead atoms. The zero-order valence-corrected chi connectivity index (χ0v) is 13.9. The van der Waals surface area contributed by atoms with Gasteiger partial charge in [0.15, 0.2) is 0 Å². The summed E-state index contributed by atoms with van der Waals surface area (Å²) in [6, 6.07) is 0. The maximum Gasteiger partial charge on any atom is 0.289 e. The fraction of sp³-hybridized carbons (Fsp3) is 1.00. The minimum absolute atomic E-state index is 0.189. The van der Waals surface area contributed by atoms with Crippen molar-refractivity contribution in [2.75, 3.05) is 0 Å². The van der Waals surface area contributed by atoms with E-state index in [0.717, 1.165) is 0 Å². The van der Waals surface area contributed by atoms with Crippen molar-refractivity contribution in [1.29, 1.82) is 0 Å². The Morgan fingerprint density at radius 3 is 1.58 bits per heavy atom. The van der Waals surface area contributed by atoms with Gasteiger partial charge in [0, 0.05) is 0 Å². The fourth-order valence-corrected chi connectivity index (χ4v) is 1.38. The molecule has 4 nitrogen and oxygen atoms in total. The average molecular weight is 272 g/mol. The molecule has 1 unspecified atom stereocenters. The summed E-state index contributed by atoms with van der Waals surface area (Å²) in [7, 11) is 0. The van der Waals surface area contributed by atoms with Crippen LogP contribution in [0.5, 0.6) is 0 Å². The Morgan fingerprint density at radius 2 is 1.26 bits per heavy atom. The van der Waals surface area contributed by atoms with E-state index in [1.54, 1.807) is 20.8 Å². The lowest BCUT2D eigenvalue weighted by atomic mass is 9.28. The minimum Gasteiger partial charge on any atom is -0.434 e. The molecule has 0 amide bonds. The Labute approximate surface area is 119 Å². The van der Waals surface area contributed by atoms with Crippen LogP contribution in [-0.2, 0) is 9.31 Å². The van der Waals surface area contributed by atoms with Crippen LogP contribution in [0.25, 0.3) is 0 Å². The van der Waals surface area contributed by atoms with Crippen molar-refractivity contribution in [2.24, 2.45) is 0 Å². The number of rotatable bonds is 7. The molecule has 0 fully saturated rings. The van der Waals surface area contributed by atoms with E-state index in [4.69, 9.17) is 9.31 Å². The summed E-state index contributed by atoms with van der Waals surface area (Å²) in [6.45, 7) is 16.0. The molecule has 0 aromatic rings. The molecule has 0 saturated heterocycles. The lowest BCUT2D eigenvalue weighted by Crippen LogP contribution is -2.55. The van der Waals surface area contributed by atoms with Crippen molar-refractivity contribution in [3.8, 4) is 0 Å². The zero-order valence-electron chi connectivity index (χ0n) is 13.9. The summed E-state index contributed by atoms with van der Waals surface area (Å²) in [6.07, 6.45) is -0.565. The second kappa shape index (κ2) is 6.17. The molecular formula is C13H30B2O4. The van der Waals surface area contributed by atoms with E-state index in [-0.39, 0.29) is 13.6 Å². The Bertz CT molecular complexity index is 285. The lowest BCUT2D eigenvalue weighted by molar-refractivity contribution is -0.0922. The summed E-state index contributed by atoms with van der Waals surface area (Å²) in [5.41, 5.74) is -2.25. The van der Waals surface area contributed by atoms with Gasteiger partial charge in [-0.2, -0.15) is 0 Å². The van der Waals surface area contributed by atoms with Crippen LogP contribution >= 0.6 is 0 Å². The third kappa shape index (κ3) is 5.46. The first-order valence-electron chi connectivity index (χ1n) is 6.97. The molecular weight excluding hydrogens is 242 g/mol. The molecule has 2 N–H and O–H groups in total. The van der Waals surface area contributed by atoms with Crippen molar-refractivity contribution in [1.82, 2.24) is 0 Å². The maximum absolute atomic E-state index is 10.1. The van der Waals surface area contributed by atoms with E-state index in [2.05, 4.69) is 0 Å². The van der Waals surface area contributed by atoms with Crippen LogP contribution in [0.4, 0.5) is 0 Å². The molecule has 0 radical (unpaired) electrons. The first-order chi connectivity index (χ1) is 8.21. The Hall–Kier alpha value is -0.0301. The van der Waals surface area contributed by atoms with Gasteiger partial charge in [0.05, 0.1) is 22.9 Å². The summed E-state index contributed by atoms with van der Waals surface area (Å²) < 4.78 is 11.8. The van der Waals surface area contributed by atoms with Crippen LogP contribution in [0.3, 0.4) is 0 Å². The van der Waals surface area contributed by atoms with Crippen molar-refractivity contribution >= 4 is 13.6 Å². The van der Waals surface area contributed by atoms with Crippen LogP contribution in [0.15, 0.2) is 0 Å². The van der Waals surface area contributed by atoms with Crippen LogP contribution in [0.1, 0.15) is 48.5 Å². The fourth-order valence-electron chi connectivity index (χ4n) is 1.38. The topological polar surface area (TPSA) is 58.9 Å². The zero-order chi connectivity index (χ0) is 15.6. The van der Waals surface area contributed by atoms with Gasteiger partial charge in [-0.05, 0) is 48.5 Å². The van der Waals surface area contributed by atoms with Gasteiger partial charge in [-0.25, -0.2) is 0 Å². The second-order valence-electron chi connectivity index (χ2n) is 6.99. The molecule has 0 aliphatic carbocycles. The lowest BCUT2D eigenvalue weighted by Gasteiger charge is -2.41. The largest absolute Gasteiger partial charge is 0.434 e. The molecule has 1 atom stereocenters. The van der Waals surface area contributed by atoms with Gasteiger partial charge in [0.25, 0.3) is 13.6 Å². The predicted molar refractivity (Wildman–Crippen MR) is 81.5 cm³/mol. The van der Waals surface area contributed by atoms with Gasteiger partial charge in [-0.1, -0.05) is 13.6 Å². The molecule has 19 heavy (non-hydrogen) atoms. The Kier molecular flexibility index (Phi) is 6.16. The summed E-state index contributed by atoms with van der Waals surface area (Å²) >= 11 is 0. The van der Waals surface area contributed by atoms with Crippen LogP contribution < -0.4 is 0 Å². The van der Waals surface area contributed by atoms with Crippen molar-refractivity contribution in [2.45, 2.75) is 85.0 Å². The van der Waals surface area contributed by atoms with E-state index >= 15 is 0 Å². The summed E-state index contributed by atoms with van der Waals surface area (Å²) in [5, 5.41) is 19.8. The summed E-state index contributed by atoms with van der Waals surface area (Å²) in [4.78, 5) is 0. The van der Waals surface area contributed by atoms with E-state index in [1.165, 1.54) is 0 Å². The highest BCUT2D eigenvalue weighted by Gasteiger charge is 2.41. The SMILES string of the molecule is CB(OC(C)(C)C(C)O)B(C)OC(C)(C)C(C)(C)O. The van der Waals surface area contributed by atoms with E-state index in [9.17, 15) is 10.2 Å². The normalized spacial score (nSPS) is 15.3. The molecule has 0 heterocycles. The average Bonchev–Trinajstić information content (AvgIpc) is 2.13. The van der Waals surface area contributed by atoms with Gasteiger partial charge in [0.1, 0.15) is 0 Å². The minimum atomic E-state index is -0.944. The standard InChI is InChI=1S/C13H30B2O4/c1-10(16)11(2,3)18-14(8)15(9)19-13(6,7)12(4,5)17/h10,16-17H,1-9H3. The molecule has 0 spiro atoms. The second-order valence-corrected chi connectivity index (χ2v) is 6.99. The Morgan fingerprint density at radius 1 is 0.895 bits per heavy atom. The van der Waals surface area contributed by atoms with Crippen LogP contribution in [-0.4, -0.2) is 46.7 Å². The van der Waals surface area contributed by atoms with E-state index < -0.39 is 22.9 Å². The number of hydrogen-bond donors (Lipinski definition) is 2. The van der Waals surface area contributed by atoms with Crippen LogP contribution in [0.2, 0.25) is 13.6 Å². The monoisotopic (exact) mass is 272 g/mol. The highest BCUT2D eigenvalue weighted by Crippen LogP contribution is 2.27. The first-order valence-corrected chi connectivity index (χ1v) is 6.97. The Balaban J connectivity index is 4.64. The third-order valence-corrected chi connectivity index (χ3v) is 4.11. The molecule has 6 heteroatoms. The van der Waals surface area contributed by atoms with Crippen molar-refractivity contribution < 1.29 is 19.5 Å². The number of hydrogen-bond acceptors (Lipinski definition) is 4. The first kappa shape index (κ1) is 19.0. The van der Waals surface area contributed by atoms with E-state index in [0.29, 0.717) is 0 Å². The van der Waals surface area contributed by atoms with Crippen LogP contribution in [0, 0.1) is 0 Å². The number of aliphatic hydroxyl groups excluding tert-OH is 1. The highest BCUT2D eigenvalue weighted by atomic mass is 16.5. The number of aliphatic hydroxyl groups is 2. The highest BCUT2D eigenvalue weighted by molar-refractivity contribution is 7.15. The quantitative estimate of drug-likeness (QED) is 0.696. The van der Waals surface area contributed by atoms with Gasteiger partial charge < -0.3 is 19.5 Å². The molecule has 112 valence electrons. The molecule has 0 aromatic heterocycles. The third-order valence-electron chi connectivity index (χ3n) is 4.11. The van der Waals surface area contributed by atoms with Gasteiger partial charge >= 0.3 is 0 Å². The van der Waals surface area contributed by atoms with E-state index in [1.807, 2.05) is 41.3 Å². The molecule has 0 aliphatic heterocycles. The van der Waals surface area contributed by atoms with Gasteiger partial charge in [-0.3, -0.25) is 0 Å². The van der Waals surface area contributed by atoms with Gasteiger partial charge in [-0.15, -0.1) is 0 Å². The predicted octanol–water partition coefficient (Wildman–Crippen LogP) is 2.05. The summed E-state index contributed by atoms with van der Waals surface area (Å²) in [5.74, 6) is 0.